The Balaban J connectivity index is 1.99. The predicted molar refractivity (Wildman–Crippen MR) is 92.1 cm³/mol. The summed E-state index contributed by atoms with van der Waals surface area (Å²) in [6, 6.07) is 8.59. The van der Waals surface area contributed by atoms with E-state index < -0.39 is 0 Å². The van der Waals surface area contributed by atoms with Crippen LogP contribution in [0.2, 0.25) is 5.02 Å². The molecule has 3 rings (SSSR count). The monoisotopic (exact) mass is 332 g/mol. The van der Waals surface area contributed by atoms with Gasteiger partial charge in [-0.1, -0.05) is 31.5 Å². The van der Waals surface area contributed by atoms with E-state index in [0.717, 1.165) is 12.8 Å². The highest BCUT2D eigenvalue weighted by Gasteiger charge is 2.55. The van der Waals surface area contributed by atoms with Crippen LogP contribution < -0.4 is 0 Å². The second-order valence-corrected chi connectivity index (χ2v) is 8.50. The molecule has 0 bridgehead atoms. The zero-order valence-electron chi connectivity index (χ0n) is 14.6. The van der Waals surface area contributed by atoms with Crippen molar-refractivity contribution in [2.45, 2.75) is 57.6 Å². The first-order chi connectivity index (χ1) is 10.7. The number of hydroxylamine groups is 2. The second kappa shape index (κ2) is 5.48. The third-order valence-corrected chi connectivity index (χ3v) is 6.24. The lowest BCUT2D eigenvalue weighted by Gasteiger charge is -2.46. The average Bonchev–Trinajstić information content (AvgIpc) is 2.68. The molecule has 4 atom stereocenters. The van der Waals surface area contributed by atoms with Gasteiger partial charge in [0.25, 0.3) is 0 Å². The van der Waals surface area contributed by atoms with Gasteiger partial charge in [-0.25, -0.2) is 0 Å². The minimum Gasteiger partial charge on any atom is -0.293 e. The maximum Gasteiger partial charge on any atom is 0.101 e. The largest absolute Gasteiger partial charge is 0.293 e. The van der Waals surface area contributed by atoms with Crippen LogP contribution in [-0.2, 0) is 10.3 Å². The van der Waals surface area contributed by atoms with Crippen molar-refractivity contribution in [1.82, 2.24) is 5.06 Å². The molecule has 1 aliphatic heterocycles. The van der Waals surface area contributed by atoms with Crippen LogP contribution in [0.3, 0.4) is 0 Å². The van der Waals surface area contributed by atoms with Gasteiger partial charge in [0.2, 0.25) is 0 Å². The molecule has 2 aliphatic rings. The molecule has 0 aromatic heterocycles. The van der Waals surface area contributed by atoms with E-state index >= 15 is 0 Å². The number of halogens is 1. The Morgan fingerprint density at radius 2 is 2.00 bits per heavy atom. The lowest BCUT2D eigenvalue weighted by atomic mass is 9.59. The summed E-state index contributed by atoms with van der Waals surface area (Å²) in [5.41, 5.74) is 1.68. The van der Waals surface area contributed by atoms with Crippen LogP contribution in [0.25, 0.3) is 0 Å². The Hall–Kier alpha value is -1.08. The summed E-state index contributed by atoms with van der Waals surface area (Å²) in [6.07, 6.45) is 2.15. The number of nitriles is 1. The smallest absolute Gasteiger partial charge is 0.101 e. The van der Waals surface area contributed by atoms with Crippen molar-refractivity contribution in [1.29, 1.82) is 5.26 Å². The number of hydrogen-bond acceptors (Lipinski definition) is 3. The molecule has 0 unspecified atom stereocenters. The van der Waals surface area contributed by atoms with E-state index in [1.807, 2.05) is 12.1 Å². The maximum absolute atomic E-state index is 9.28. The third-order valence-electron chi connectivity index (χ3n) is 5.91. The van der Waals surface area contributed by atoms with E-state index in [1.165, 1.54) is 5.56 Å². The Morgan fingerprint density at radius 1 is 1.30 bits per heavy atom. The van der Waals surface area contributed by atoms with E-state index in [-0.39, 0.29) is 11.0 Å². The van der Waals surface area contributed by atoms with Crippen molar-refractivity contribution >= 4 is 11.6 Å². The van der Waals surface area contributed by atoms with Gasteiger partial charge in [0.05, 0.1) is 16.2 Å². The Bertz CT molecular complexity index is 666. The summed E-state index contributed by atoms with van der Waals surface area (Å²) in [6.45, 7) is 9.01. The van der Waals surface area contributed by atoms with Crippen molar-refractivity contribution < 1.29 is 4.84 Å². The topological polar surface area (TPSA) is 36.3 Å². The minimum absolute atomic E-state index is 0.0442. The van der Waals surface area contributed by atoms with E-state index in [9.17, 15) is 5.26 Å². The first-order valence-corrected chi connectivity index (χ1v) is 8.68. The number of nitrogens with zero attached hydrogens (tertiary/aromatic N) is 2. The first kappa shape index (κ1) is 16.8. The van der Waals surface area contributed by atoms with Gasteiger partial charge in [-0.2, -0.15) is 10.3 Å². The molecule has 0 amide bonds. The minimum atomic E-state index is -0.153. The summed E-state index contributed by atoms with van der Waals surface area (Å²) < 4.78 is 0. The highest BCUT2D eigenvalue weighted by Crippen LogP contribution is 2.53. The number of rotatable bonds is 1. The van der Waals surface area contributed by atoms with E-state index in [2.05, 4.69) is 51.9 Å². The molecule has 0 spiro atoms. The molecule has 1 aromatic rings. The van der Waals surface area contributed by atoms with Crippen LogP contribution >= 0.6 is 11.6 Å². The molecule has 0 N–H and O–H groups in total. The van der Waals surface area contributed by atoms with Gasteiger partial charge in [-0.05, 0) is 55.7 Å². The molecule has 1 aromatic carbocycles. The molecule has 1 heterocycles. The number of hydrogen-bond donors (Lipinski definition) is 0. The van der Waals surface area contributed by atoms with E-state index in [1.54, 1.807) is 0 Å². The Morgan fingerprint density at radius 3 is 2.65 bits per heavy atom. The highest BCUT2D eigenvalue weighted by atomic mass is 35.5. The molecule has 124 valence electrons. The summed E-state index contributed by atoms with van der Waals surface area (Å²) in [7, 11) is 2.06. The molecule has 0 radical (unpaired) electrons. The van der Waals surface area contributed by atoms with Crippen molar-refractivity contribution in [2.24, 2.45) is 11.8 Å². The van der Waals surface area contributed by atoms with Crippen LogP contribution in [-0.4, -0.2) is 23.8 Å². The van der Waals surface area contributed by atoms with Crippen molar-refractivity contribution in [3.8, 4) is 6.07 Å². The zero-order valence-corrected chi connectivity index (χ0v) is 15.3. The van der Waals surface area contributed by atoms with Crippen LogP contribution in [0, 0.1) is 23.2 Å². The molecule has 23 heavy (non-hydrogen) atoms. The van der Waals surface area contributed by atoms with Gasteiger partial charge >= 0.3 is 0 Å². The lowest BCUT2D eigenvalue weighted by Crippen LogP contribution is -2.48. The normalized spacial score (nSPS) is 36.5. The summed E-state index contributed by atoms with van der Waals surface area (Å²) in [5, 5.41) is 11.9. The lowest BCUT2D eigenvalue weighted by molar-refractivity contribution is -0.182. The molecule has 3 nitrogen and oxygen atoms in total. The van der Waals surface area contributed by atoms with Crippen molar-refractivity contribution in [3.63, 3.8) is 0 Å². The van der Waals surface area contributed by atoms with Crippen molar-refractivity contribution in [3.05, 3.63) is 34.3 Å². The number of fused-ring (bicyclic) bond motifs is 1. The maximum atomic E-state index is 9.28. The van der Waals surface area contributed by atoms with E-state index in [0.29, 0.717) is 28.5 Å². The van der Waals surface area contributed by atoms with Crippen LogP contribution in [0.5, 0.6) is 0 Å². The highest BCUT2D eigenvalue weighted by molar-refractivity contribution is 6.31. The summed E-state index contributed by atoms with van der Waals surface area (Å²) >= 11 is 6.11. The Labute approximate surface area is 144 Å². The first-order valence-electron chi connectivity index (χ1n) is 8.30. The molecule has 2 fully saturated rings. The van der Waals surface area contributed by atoms with E-state index in [4.69, 9.17) is 16.4 Å². The molecular weight excluding hydrogens is 308 g/mol. The summed E-state index contributed by atoms with van der Waals surface area (Å²) in [4.78, 5) is 6.12. The molecule has 1 saturated heterocycles. The summed E-state index contributed by atoms with van der Waals surface area (Å²) in [5.74, 6) is 1.01. The Kier molecular flexibility index (Phi) is 3.99. The predicted octanol–water partition coefficient (Wildman–Crippen LogP) is 4.54. The van der Waals surface area contributed by atoms with Crippen LogP contribution in [0.4, 0.5) is 0 Å². The third kappa shape index (κ3) is 2.67. The zero-order chi connectivity index (χ0) is 17.0. The van der Waals surface area contributed by atoms with Crippen molar-refractivity contribution in [2.75, 3.05) is 7.05 Å². The van der Waals surface area contributed by atoms with Crippen LogP contribution in [0.15, 0.2) is 18.2 Å². The van der Waals surface area contributed by atoms with Crippen LogP contribution in [0.1, 0.15) is 51.7 Å². The second-order valence-electron chi connectivity index (χ2n) is 8.09. The standard InChI is InChI=1S/C19H25ClN2O/c1-12-9-19(4,14-6-7-16(20)13(8-14)11-21)10-15-17(12)22(5)23-18(15,2)3/h6-8,12,15,17H,9-10H2,1-5H3/t12-,15-,17-,19-/m1/s1. The molecule has 4 heteroatoms. The molecule has 1 saturated carbocycles. The fourth-order valence-corrected chi connectivity index (χ4v) is 5.07. The quantitative estimate of drug-likeness (QED) is 0.757. The van der Waals surface area contributed by atoms with Gasteiger partial charge in [0.15, 0.2) is 0 Å². The van der Waals surface area contributed by atoms with Gasteiger partial charge in [-0.3, -0.25) is 4.84 Å². The van der Waals surface area contributed by atoms with Gasteiger partial charge in [0, 0.05) is 19.0 Å². The fourth-order valence-electron chi connectivity index (χ4n) is 4.91. The fraction of sp³-hybridized carbons (Fsp3) is 0.632. The SMILES string of the molecule is C[C@@H]1C[C@@](C)(c2ccc(Cl)c(C#N)c2)C[C@@H]2[C@@H]1N(C)OC2(C)C. The van der Waals surface area contributed by atoms with Gasteiger partial charge in [0.1, 0.15) is 6.07 Å². The van der Waals surface area contributed by atoms with Gasteiger partial charge < -0.3 is 0 Å². The molecule has 1 aliphatic carbocycles. The van der Waals surface area contributed by atoms with Gasteiger partial charge in [-0.15, -0.1) is 0 Å². The molecular formula is C19H25ClN2O. The number of benzene rings is 1. The average molecular weight is 333 g/mol.